The molecule has 1 unspecified atom stereocenters. The van der Waals surface area contributed by atoms with Gasteiger partial charge in [0, 0.05) is 18.4 Å². The van der Waals surface area contributed by atoms with Crippen molar-refractivity contribution in [3.8, 4) is 11.1 Å². The number of amides is 2. The first-order valence-electron chi connectivity index (χ1n) is 11.6. The summed E-state index contributed by atoms with van der Waals surface area (Å²) < 4.78 is 5.55. The Balaban J connectivity index is 1.54. The number of ether oxygens (including phenoxy) is 1. The lowest BCUT2D eigenvalue weighted by atomic mass is 9.98. The van der Waals surface area contributed by atoms with Crippen LogP contribution >= 0.6 is 0 Å². The molecule has 0 aromatic heterocycles. The van der Waals surface area contributed by atoms with E-state index in [1.807, 2.05) is 38.1 Å². The number of benzene rings is 2. The van der Waals surface area contributed by atoms with Crippen LogP contribution in [0.3, 0.4) is 0 Å². The highest BCUT2D eigenvalue weighted by Gasteiger charge is 2.29. The minimum atomic E-state index is -1.05. The molecule has 2 aromatic rings. The van der Waals surface area contributed by atoms with E-state index >= 15 is 0 Å². The van der Waals surface area contributed by atoms with Crippen LogP contribution in [0.25, 0.3) is 11.1 Å². The molecule has 7 heteroatoms. The van der Waals surface area contributed by atoms with Gasteiger partial charge in [0.05, 0.1) is 0 Å². The summed E-state index contributed by atoms with van der Waals surface area (Å²) >= 11 is 0. The Labute approximate surface area is 194 Å². The monoisotopic (exact) mass is 452 g/mol. The molecule has 0 aliphatic heterocycles. The molecular weight excluding hydrogens is 420 g/mol. The van der Waals surface area contributed by atoms with Crippen molar-refractivity contribution in [2.45, 2.75) is 64.0 Å². The van der Waals surface area contributed by atoms with Crippen molar-refractivity contribution in [2.24, 2.45) is 0 Å². The SMILES string of the molecule is CCCCC(NC(=O)C[C@@H](CC)NC(=O)OCC1c2ccccc2-c2ccccc21)C(=O)O. The summed E-state index contributed by atoms with van der Waals surface area (Å²) in [6.45, 7) is 4.01. The third kappa shape index (κ3) is 6.12. The summed E-state index contributed by atoms with van der Waals surface area (Å²) in [6, 6.07) is 14.9. The number of alkyl carbamates (subject to hydrolysis) is 1. The largest absolute Gasteiger partial charge is 0.480 e. The number of rotatable bonds is 11. The number of hydrogen-bond acceptors (Lipinski definition) is 4. The quantitative estimate of drug-likeness (QED) is 0.467. The average molecular weight is 453 g/mol. The van der Waals surface area contributed by atoms with E-state index in [0.29, 0.717) is 19.3 Å². The van der Waals surface area contributed by atoms with E-state index in [9.17, 15) is 19.5 Å². The Morgan fingerprint density at radius 1 is 0.970 bits per heavy atom. The number of hydrogen-bond donors (Lipinski definition) is 3. The van der Waals surface area contributed by atoms with Crippen molar-refractivity contribution in [3.05, 3.63) is 59.7 Å². The van der Waals surface area contributed by atoms with Crippen molar-refractivity contribution in [2.75, 3.05) is 6.61 Å². The normalized spacial score (nSPS) is 14.0. The molecule has 0 fully saturated rings. The van der Waals surface area contributed by atoms with Crippen molar-refractivity contribution >= 4 is 18.0 Å². The minimum Gasteiger partial charge on any atom is -0.480 e. The van der Waals surface area contributed by atoms with E-state index < -0.39 is 30.1 Å². The molecule has 0 bridgehead atoms. The fourth-order valence-electron chi connectivity index (χ4n) is 4.25. The smallest absolute Gasteiger partial charge is 0.407 e. The van der Waals surface area contributed by atoms with Crippen LogP contribution in [-0.2, 0) is 14.3 Å². The lowest BCUT2D eigenvalue weighted by Crippen LogP contribution is -2.44. The molecule has 1 aliphatic carbocycles. The first-order valence-corrected chi connectivity index (χ1v) is 11.6. The zero-order chi connectivity index (χ0) is 23.8. The van der Waals surface area contributed by atoms with Crippen LogP contribution in [0.15, 0.2) is 48.5 Å². The Kier molecular flexibility index (Phi) is 8.46. The number of aliphatic carboxylic acids is 1. The maximum absolute atomic E-state index is 12.5. The van der Waals surface area contributed by atoms with Gasteiger partial charge in [-0.15, -0.1) is 0 Å². The third-order valence-corrected chi connectivity index (χ3v) is 6.07. The molecule has 0 heterocycles. The Bertz CT molecular complexity index is 945. The predicted octanol–water partition coefficient (Wildman–Crippen LogP) is 4.45. The van der Waals surface area contributed by atoms with Gasteiger partial charge in [-0.25, -0.2) is 9.59 Å². The number of carbonyl (C=O) groups is 3. The van der Waals surface area contributed by atoms with E-state index in [4.69, 9.17) is 4.74 Å². The first kappa shape index (κ1) is 24.3. The number of nitrogens with one attached hydrogen (secondary N) is 2. The van der Waals surface area contributed by atoms with Crippen LogP contribution < -0.4 is 10.6 Å². The summed E-state index contributed by atoms with van der Waals surface area (Å²) in [5, 5.41) is 14.6. The molecule has 3 rings (SSSR count). The lowest BCUT2D eigenvalue weighted by molar-refractivity contribution is -0.142. The highest BCUT2D eigenvalue weighted by atomic mass is 16.5. The van der Waals surface area contributed by atoms with Gasteiger partial charge in [0.2, 0.25) is 5.91 Å². The van der Waals surface area contributed by atoms with E-state index in [1.165, 1.54) is 0 Å². The van der Waals surface area contributed by atoms with Crippen LogP contribution in [0.5, 0.6) is 0 Å². The maximum Gasteiger partial charge on any atom is 0.407 e. The summed E-state index contributed by atoms with van der Waals surface area (Å²) in [6.07, 6.45) is 1.87. The van der Waals surface area contributed by atoms with Crippen LogP contribution in [0.1, 0.15) is 63.0 Å². The van der Waals surface area contributed by atoms with Crippen molar-refractivity contribution in [1.82, 2.24) is 10.6 Å². The van der Waals surface area contributed by atoms with Gasteiger partial charge in [-0.05, 0) is 35.1 Å². The van der Waals surface area contributed by atoms with Gasteiger partial charge in [0.25, 0.3) is 0 Å². The molecule has 0 spiro atoms. The van der Waals surface area contributed by atoms with E-state index in [-0.39, 0.29) is 18.9 Å². The first-order chi connectivity index (χ1) is 15.9. The molecule has 7 nitrogen and oxygen atoms in total. The molecule has 2 atom stereocenters. The van der Waals surface area contributed by atoms with Gasteiger partial charge in [-0.1, -0.05) is 75.2 Å². The topological polar surface area (TPSA) is 105 Å². The second-order valence-electron chi connectivity index (χ2n) is 8.38. The molecule has 33 heavy (non-hydrogen) atoms. The second kappa shape index (κ2) is 11.5. The standard InChI is InChI=1S/C26H32N2O5/c1-3-5-14-23(25(30)31)28-24(29)15-17(4-2)27-26(32)33-16-22-20-12-8-6-10-18(20)19-11-7-9-13-21(19)22/h6-13,17,22-23H,3-5,14-16H2,1-2H3,(H,27,32)(H,28,29)(H,30,31)/t17-,23?/m1/s1. The highest BCUT2D eigenvalue weighted by Crippen LogP contribution is 2.44. The van der Waals surface area contributed by atoms with Gasteiger partial charge in [0.15, 0.2) is 0 Å². The van der Waals surface area contributed by atoms with E-state index in [0.717, 1.165) is 28.7 Å². The molecule has 0 radical (unpaired) electrons. The van der Waals surface area contributed by atoms with Crippen molar-refractivity contribution < 1.29 is 24.2 Å². The third-order valence-electron chi connectivity index (χ3n) is 6.07. The van der Waals surface area contributed by atoms with Gasteiger partial charge in [-0.2, -0.15) is 0 Å². The molecule has 2 aromatic carbocycles. The second-order valence-corrected chi connectivity index (χ2v) is 8.38. The zero-order valence-electron chi connectivity index (χ0n) is 19.2. The number of fused-ring (bicyclic) bond motifs is 3. The molecular formula is C26H32N2O5. The van der Waals surface area contributed by atoms with Crippen LogP contribution in [0, 0.1) is 0 Å². The molecule has 2 amide bonds. The summed E-state index contributed by atoms with van der Waals surface area (Å²) in [4.78, 5) is 36.2. The minimum absolute atomic E-state index is 0.00337. The number of carboxylic acid groups (broad SMARTS) is 1. The maximum atomic E-state index is 12.5. The van der Waals surface area contributed by atoms with E-state index in [1.54, 1.807) is 0 Å². The summed E-state index contributed by atoms with van der Waals surface area (Å²) in [5.74, 6) is -1.49. The predicted molar refractivity (Wildman–Crippen MR) is 126 cm³/mol. The van der Waals surface area contributed by atoms with Crippen molar-refractivity contribution in [3.63, 3.8) is 0 Å². The van der Waals surface area contributed by atoms with E-state index in [2.05, 4.69) is 34.9 Å². The zero-order valence-corrected chi connectivity index (χ0v) is 19.2. The van der Waals surface area contributed by atoms with Crippen LogP contribution in [-0.4, -0.2) is 41.8 Å². The van der Waals surface area contributed by atoms with Crippen LogP contribution in [0.2, 0.25) is 0 Å². The highest BCUT2D eigenvalue weighted by molar-refractivity contribution is 5.84. The Morgan fingerprint density at radius 3 is 2.12 bits per heavy atom. The fraction of sp³-hybridized carbons (Fsp3) is 0.423. The molecule has 1 aliphatic rings. The number of carboxylic acids is 1. The molecule has 176 valence electrons. The van der Waals surface area contributed by atoms with Gasteiger partial charge < -0.3 is 20.5 Å². The van der Waals surface area contributed by atoms with Crippen molar-refractivity contribution in [1.29, 1.82) is 0 Å². The lowest BCUT2D eigenvalue weighted by Gasteiger charge is -2.20. The fourth-order valence-corrected chi connectivity index (χ4v) is 4.25. The van der Waals surface area contributed by atoms with Crippen LogP contribution in [0.4, 0.5) is 4.79 Å². The molecule has 3 N–H and O–H groups in total. The van der Waals surface area contributed by atoms with Gasteiger partial charge >= 0.3 is 12.1 Å². The Morgan fingerprint density at radius 2 is 1.58 bits per heavy atom. The van der Waals surface area contributed by atoms with Gasteiger partial charge in [0.1, 0.15) is 12.6 Å². The molecule has 0 saturated heterocycles. The van der Waals surface area contributed by atoms with Gasteiger partial charge in [-0.3, -0.25) is 4.79 Å². The summed E-state index contributed by atoms with van der Waals surface area (Å²) in [7, 11) is 0. The number of unbranched alkanes of at least 4 members (excludes halogenated alkanes) is 1. The number of carbonyl (C=O) groups excluding carboxylic acids is 2. The average Bonchev–Trinajstić information content (AvgIpc) is 3.13. The molecule has 0 saturated carbocycles. The summed E-state index contributed by atoms with van der Waals surface area (Å²) in [5.41, 5.74) is 4.57. The Hall–Kier alpha value is -3.35.